The second-order valence-corrected chi connectivity index (χ2v) is 3.80. The molecule has 0 bridgehead atoms. The van der Waals surface area contributed by atoms with Crippen molar-refractivity contribution in [2.24, 2.45) is 0 Å². The molecular formula is C14H15BO2. The zero-order chi connectivity index (χ0) is 12.1. The van der Waals surface area contributed by atoms with Gasteiger partial charge in [0.05, 0.1) is 14.2 Å². The first-order valence-corrected chi connectivity index (χ1v) is 5.59. The van der Waals surface area contributed by atoms with Crippen LogP contribution >= 0.6 is 0 Å². The van der Waals surface area contributed by atoms with Crippen molar-refractivity contribution in [2.45, 2.75) is 0 Å². The van der Waals surface area contributed by atoms with Crippen molar-refractivity contribution in [1.82, 2.24) is 0 Å². The molecule has 0 spiro atoms. The molecule has 17 heavy (non-hydrogen) atoms. The van der Waals surface area contributed by atoms with Gasteiger partial charge in [-0.15, -0.1) is 0 Å². The summed E-state index contributed by atoms with van der Waals surface area (Å²) in [5.74, 6) is 1.83. The van der Waals surface area contributed by atoms with Crippen molar-refractivity contribution >= 4 is 18.2 Å². The Morgan fingerprint density at radius 3 is 1.53 bits per heavy atom. The first kappa shape index (κ1) is 11.6. The van der Waals surface area contributed by atoms with Crippen LogP contribution in [0.25, 0.3) is 0 Å². The molecule has 0 radical (unpaired) electrons. The summed E-state index contributed by atoms with van der Waals surface area (Å²) < 4.78 is 10.7. The molecule has 3 heteroatoms. The molecule has 0 amide bonds. The Morgan fingerprint density at radius 1 is 0.706 bits per heavy atom. The topological polar surface area (TPSA) is 18.5 Å². The van der Waals surface area contributed by atoms with E-state index in [1.54, 1.807) is 14.2 Å². The van der Waals surface area contributed by atoms with Crippen LogP contribution in [-0.2, 0) is 0 Å². The van der Waals surface area contributed by atoms with Crippen molar-refractivity contribution in [2.75, 3.05) is 14.2 Å². The third-order valence-electron chi connectivity index (χ3n) is 2.77. The SMILES string of the molecule is COc1ccccc1Bc1ccccc1OC. The van der Waals surface area contributed by atoms with Gasteiger partial charge in [-0.2, -0.15) is 0 Å². The summed E-state index contributed by atoms with van der Waals surface area (Å²) in [7, 11) is 4.20. The maximum absolute atomic E-state index is 5.35. The molecule has 0 saturated carbocycles. The zero-order valence-corrected chi connectivity index (χ0v) is 10.1. The van der Waals surface area contributed by atoms with E-state index in [9.17, 15) is 0 Å². The highest BCUT2D eigenvalue weighted by atomic mass is 16.5. The van der Waals surface area contributed by atoms with Gasteiger partial charge in [-0.05, 0) is 23.1 Å². The molecule has 2 aromatic rings. The molecule has 0 N–H and O–H groups in total. The van der Waals surface area contributed by atoms with Crippen LogP contribution in [-0.4, -0.2) is 21.5 Å². The first-order valence-electron chi connectivity index (χ1n) is 5.59. The molecule has 0 aliphatic carbocycles. The van der Waals surface area contributed by atoms with Gasteiger partial charge in [0.1, 0.15) is 11.5 Å². The average molecular weight is 226 g/mol. The minimum absolute atomic E-state index is 0.814. The van der Waals surface area contributed by atoms with E-state index in [2.05, 4.69) is 12.1 Å². The molecule has 0 atom stereocenters. The van der Waals surface area contributed by atoms with E-state index in [4.69, 9.17) is 9.47 Å². The summed E-state index contributed by atoms with van der Waals surface area (Å²) in [5, 5.41) is 0. The second-order valence-electron chi connectivity index (χ2n) is 3.80. The van der Waals surface area contributed by atoms with Gasteiger partial charge < -0.3 is 9.47 Å². The van der Waals surface area contributed by atoms with Gasteiger partial charge in [-0.3, -0.25) is 0 Å². The monoisotopic (exact) mass is 226 g/mol. The minimum Gasteiger partial charge on any atom is -0.497 e. The third-order valence-corrected chi connectivity index (χ3v) is 2.77. The standard InChI is InChI=1S/C14H15BO2/c1-16-13-9-5-3-7-11(13)15-12-8-4-6-10-14(12)17-2/h3-10,15H,1-2H3. The highest BCUT2D eigenvalue weighted by Crippen LogP contribution is 2.08. The molecule has 2 aromatic carbocycles. The summed E-state index contributed by atoms with van der Waals surface area (Å²) in [5.41, 5.74) is 2.33. The van der Waals surface area contributed by atoms with Gasteiger partial charge in [0.25, 0.3) is 0 Å². The lowest BCUT2D eigenvalue weighted by molar-refractivity contribution is 0.417. The number of hydrogen-bond donors (Lipinski definition) is 0. The van der Waals surface area contributed by atoms with Crippen molar-refractivity contribution in [3.63, 3.8) is 0 Å². The van der Waals surface area contributed by atoms with E-state index in [0.717, 1.165) is 18.8 Å². The Labute approximate surface area is 102 Å². The molecule has 0 saturated heterocycles. The van der Waals surface area contributed by atoms with Crippen molar-refractivity contribution in [3.05, 3.63) is 48.5 Å². The van der Waals surface area contributed by atoms with Crippen LogP contribution in [0.5, 0.6) is 11.5 Å². The Hall–Kier alpha value is -1.90. The fraction of sp³-hybridized carbons (Fsp3) is 0.143. The lowest BCUT2D eigenvalue weighted by Gasteiger charge is -2.10. The van der Waals surface area contributed by atoms with E-state index >= 15 is 0 Å². The Bertz CT molecular complexity index is 452. The molecule has 0 heterocycles. The van der Waals surface area contributed by atoms with E-state index in [1.165, 1.54) is 10.9 Å². The normalized spacial score (nSPS) is 9.76. The largest absolute Gasteiger partial charge is 0.497 e. The van der Waals surface area contributed by atoms with Gasteiger partial charge in [-0.1, -0.05) is 36.4 Å². The number of para-hydroxylation sites is 2. The summed E-state index contributed by atoms with van der Waals surface area (Å²) in [4.78, 5) is 0. The number of benzene rings is 2. The maximum atomic E-state index is 5.35. The van der Waals surface area contributed by atoms with Crippen LogP contribution in [0.3, 0.4) is 0 Å². The third kappa shape index (κ3) is 2.62. The number of hydrogen-bond acceptors (Lipinski definition) is 2. The molecule has 0 fully saturated rings. The van der Waals surface area contributed by atoms with Crippen LogP contribution in [0.1, 0.15) is 0 Å². The highest BCUT2D eigenvalue weighted by Gasteiger charge is 2.08. The Kier molecular flexibility index (Phi) is 3.71. The van der Waals surface area contributed by atoms with Crippen LogP contribution in [0, 0.1) is 0 Å². The predicted octanol–water partition coefficient (Wildman–Crippen LogP) is 1.09. The summed E-state index contributed by atoms with van der Waals surface area (Å²) in [6.07, 6.45) is 0. The summed E-state index contributed by atoms with van der Waals surface area (Å²) >= 11 is 0. The second kappa shape index (κ2) is 5.44. The molecule has 0 aromatic heterocycles. The molecular weight excluding hydrogens is 211 g/mol. The average Bonchev–Trinajstić information content (AvgIpc) is 2.40. The molecule has 0 aliphatic heterocycles. The first-order chi connectivity index (χ1) is 8.35. The van der Waals surface area contributed by atoms with Crippen LogP contribution in [0.4, 0.5) is 0 Å². The number of ether oxygens (including phenoxy) is 2. The minimum atomic E-state index is 0.814. The fourth-order valence-electron chi connectivity index (χ4n) is 1.90. The summed E-state index contributed by atoms with van der Waals surface area (Å²) in [6, 6.07) is 16.1. The Balaban J connectivity index is 2.31. The van der Waals surface area contributed by atoms with Gasteiger partial charge in [0.15, 0.2) is 0 Å². The lowest BCUT2D eigenvalue weighted by atomic mass is 9.63. The van der Waals surface area contributed by atoms with E-state index < -0.39 is 0 Å². The van der Waals surface area contributed by atoms with E-state index in [0.29, 0.717) is 0 Å². The fourth-order valence-corrected chi connectivity index (χ4v) is 1.90. The quantitative estimate of drug-likeness (QED) is 0.726. The molecule has 0 aliphatic rings. The zero-order valence-electron chi connectivity index (χ0n) is 10.1. The molecule has 0 unspecified atom stereocenters. The van der Waals surface area contributed by atoms with E-state index in [1.807, 2.05) is 36.4 Å². The molecule has 2 nitrogen and oxygen atoms in total. The van der Waals surface area contributed by atoms with Gasteiger partial charge in [0, 0.05) is 0 Å². The number of rotatable bonds is 4. The Morgan fingerprint density at radius 2 is 1.12 bits per heavy atom. The smallest absolute Gasteiger partial charge is 0.201 e. The number of methoxy groups -OCH3 is 2. The van der Waals surface area contributed by atoms with Gasteiger partial charge in [-0.25, -0.2) is 0 Å². The highest BCUT2D eigenvalue weighted by molar-refractivity contribution is 6.69. The summed E-state index contributed by atoms with van der Waals surface area (Å²) in [6.45, 7) is 0. The van der Waals surface area contributed by atoms with Gasteiger partial charge >= 0.3 is 0 Å². The van der Waals surface area contributed by atoms with Gasteiger partial charge in [0.2, 0.25) is 7.28 Å². The maximum Gasteiger partial charge on any atom is 0.201 e. The van der Waals surface area contributed by atoms with Crippen molar-refractivity contribution < 1.29 is 9.47 Å². The van der Waals surface area contributed by atoms with Crippen LogP contribution in [0.15, 0.2) is 48.5 Å². The van der Waals surface area contributed by atoms with E-state index in [-0.39, 0.29) is 0 Å². The predicted molar refractivity (Wildman–Crippen MR) is 72.4 cm³/mol. The lowest BCUT2D eigenvalue weighted by Crippen LogP contribution is -2.29. The molecule has 2 rings (SSSR count). The molecule has 86 valence electrons. The van der Waals surface area contributed by atoms with Crippen LogP contribution < -0.4 is 20.4 Å². The van der Waals surface area contributed by atoms with Crippen molar-refractivity contribution in [1.29, 1.82) is 0 Å². The van der Waals surface area contributed by atoms with Crippen molar-refractivity contribution in [3.8, 4) is 11.5 Å². The van der Waals surface area contributed by atoms with Crippen LogP contribution in [0.2, 0.25) is 0 Å².